The van der Waals surface area contributed by atoms with Crippen LogP contribution in [0.15, 0.2) is 54.7 Å². The molecule has 1 fully saturated rings. The maximum absolute atomic E-state index is 13.6. The van der Waals surface area contributed by atoms with E-state index < -0.39 is 43.6 Å². The Morgan fingerprint density at radius 2 is 1.77 bits per heavy atom. The van der Waals surface area contributed by atoms with Gasteiger partial charge >= 0.3 is 18.0 Å². The molecule has 43 heavy (non-hydrogen) atoms. The van der Waals surface area contributed by atoms with Crippen LogP contribution in [0.5, 0.6) is 0 Å². The third-order valence-corrected chi connectivity index (χ3v) is 8.88. The highest BCUT2D eigenvalue weighted by atomic mass is 28.3. The zero-order valence-corrected chi connectivity index (χ0v) is 26.8. The van der Waals surface area contributed by atoms with Crippen molar-refractivity contribution in [3.8, 4) is 0 Å². The summed E-state index contributed by atoms with van der Waals surface area (Å²) >= 11 is 0. The molecule has 0 spiro atoms. The summed E-state index contributed by atoms with van der Waals surface area (Å²) < 4.78 is 11.1. The minimum Gasteiger partial charge on any atom is -0.462 e. The summed E-state index contributed by atoms with van der Waals surface area (Å²) in [5, 5.41) is 6.25. The van der Waals surface area contributed by atoms with Crippen LogP contribution in [-0.2, 0) is 19.1 Å². The highest BCUT2D eigenvalue weighted by Crippen LogP contribution is 2.40. The predicted molar refractivity (Wildman–Crippen MR) is 169 cm³/mol. The number of esters is 2. The lowest BCUT2D eigenvalue weighted by atomic mass is 10.0. The number of benzene rings is 2. The van der Waals surface area contributed by atoms with Gasteiger partial charge in [-0.25, -0.2) is 14.4 Å². The Bertz CT molecular complexity index is 1490. The maximum atomic E-state index is 13.6. The van der Waals surface area contributed by atoms with Crippen LogP contribution in [0.2, 0.25) is 25.7 Å². The Labute approximate surface area is 253 Å². The Balaban J connectivity index is 1.43. The number of nitrogens with one attached hydrogen (secondary N) is 3. The van der Waals surface area contributed by atoms with Gasteiger partial charge in [-0.3, -0.25) is 4.79 Å². The Morgan fingerprint density at radius 1 is 1.02 bits per heavy atom. The number of hydrogen-bond acceptors (Lipinski definition) is 6. The van der Waals surface area contributed by atoms with Gasteiger partial charge in [-0.2, -0.15) is 0 Å². The number of H-pyrrole nitrogens is 1. The van der Waals surface area contributed by atoms with Crippen molar-refractivity contribution in [2.75, 3.05) is 18.5 Å². The van der Waals surface area contributed by atoms with E-state index in [2.05, 4.69) is 35.3 Å². The first-order valence-corrected chi connectivity index (χ1v) is 18.3. The molecule has 0 radical (unpaired) electrons. The van der Waals surface area contributed by atoms with Crippen molar-refractivity contribution in [2.24, 2.45) is 0 Å². The quantitative estimate of drug-likeness (QED) is 0.207. The molecule has 1 saturated heterocycles. The van der Waals surface area contributed by atoms with Crippen LogP contribution in [-0.4, -0.2) is 66.6 Å². The predicted octanol–water partition coefficient (Wildman–Crippen LogP) is 5.86. The number of carbonyl (C=O) groups excluding carboxylic acids is 4. The Morgan fingerprint density at radius 3 is 2.49 bits per heavy atom. The van der Waals surface area contributed by atoms with E-state index in [9.17, 15) is 19.2 Å². The molecular formula is C32H42N4O6Si. The van der Waals surface area contributed by atoms with E-state index in [1.807, 2.05) is 30.5 Å². The first-order chi connectivity index (χ1) is 20.2. The molecule has 10 nitrogen and oxygen atoms in total. The smallest absolute Gasteiger partial charge is 0.338 e. The number of hydrogen-bond donors (Lipinski definition) is 3. The van der Waals surface area contributed by atoms with E-state index in [0.29, 0.717) is 30.7 Å². The molecule has 2 heterocycles. The maximum Gasteiger partial charge on any atom is 0.338 e. The topological polar surface area (TPSA) is 130 Å². The number of likely N-dealkylation sites (tertiary alicyclic amines) is 1. The van der Waals surface area contributed by atoms with Gasteiger partial charge in [0, 0.05) is 30.9 Å². The molecule has 3 amide bonds. The number of aromatic amines is 1. The second-order valence-corrected chi connectivity index (χ2v) is 18.7. The summed E-state index contributed by atoms with van der Waals surface area (Å²) in [6.07, 6.45) is 2.89. The fourth-order valence-electron chi connectivity index (χ4n) is 5.11. The highest BCUT2D eigenvalue weighted by Gasteiger charge is 2.44. The number of anilines is 1. The van der Waals surface area contributed by atoms with Gasteiger partial charge in [-0.15, -0.1) is 0 Å². The number of urea groups is 1. The summed E-state index contributed by atoms with van der Waals surface area (Å²) in [5.74, 6) is -1.33. The summed E-state index contributed by atoms with van der Waals surface area (Å²) in [5.41, 5.74) is 1.84. The molecule has 1 aliphatic heterocycles. The number of aromatic nitrogens is 1. The molecule has 2 atom stereocenters. The van der Waals surface area contributed by atoms with Gasteiger partial charge in [0.05, 0.1) is 24.8 Å². The second kappa shape index (κ2) is 13.0. The first kappa shape index (κ1) is 31.8. The summed E-state index contributed by atoms with van der Waals surface area (Å²) in [7, 11) is -1.34. The highest BCUT2D eigenvalue weighted by molar-refractivity contribution is 6.76. The Kier molecular flexibility index (Phi) is 9.64. The zero-order chi connectivity index (χ0) is 31.4. The van der Waals surface area contributed by atoms with Crippen molar-refractivity contribution in [3.05, 3.63) is 65.9 Å². The number of amides is 3. The molecule has 0 unspecified atom stereocenters. The summed E-state index contributed by atoms with van der Waals surface area (Å²) in [6.45, 7) is 12.0. The fraction of sp³-hybridized carbons (Fsp3) is 0.438. The van der Waals surface area contributed by atoms with Crippen LogP contribution < -0.4 is 10.6 Å². The van der Waals surface area contributed by atoms with Crippen LogP contribution in [0.3, 0.4) is 0 Å². The minimum atomic E-state index is -1.34. The normalized spacial score (nSPS) is 17.0. The third kappa shape index (κ3) is 8.47. The van der Waals surface area contributed by atoms with Crippen LogP contribution in [0, 0.1) is 0 Å². The minimum absolute atomic E-state index is 0.322. The van der Waals surface area contributed by atoms with E-state index in [1.165, 1.54) is 6.07 Å². The second-order valence-electron chi connectivity index (χ2n) is 13.1. The van der Waals surface area contributed by atoms with Crippen LogP contribution in [0.1, 0.15) is 55.6 Å². The van der Waals surface area contributed by atoms with Gasteiger partial charge in [-0.1, -0.05) is 43.9 Å². The molecule has 4 rings (SSSR count). The lowest BCUT2D eigenvalue weighted by Crippen LogP contribution is -2.48. The van der Waals surface area contributed by atoms with Crippen LogP contribution >= 0.6 is 0 Å². The monoisotopic (exact) mass is 606 g/mol. The SMILES string of the molecule is CC(C)(C)OC(=O)[C@@H]1CC[C@H](c2c[nH]c3ccccc23)N1C(=O)CNC(=O)Nc1cccc(C(=O)OCC[Si](C)(C)C)c1. The molecule has 230 valence electrons. The molecule has 0 bridgehead atoms. The largest absolute Gasteiger partial charge is 0.462 e. The molecule has 11 heteroatoms. The van der Waals surface area contributed by atoms with Gasteiger partial charge < -0.3 is 30.0 Å². The fourth-order valence-corrected chi connectivity index (χ4v) is 5.83. The summed E-state index contributed by atoms with van der Waals surface area (Å²) in [6, 6.07) is 13.3. The van der Waals surface area contributed by atoms with E-state index in [4.69, 9.17) is 9.47 Å². The van der Waals surface area contributed by atoms with Crippen molar-refractivity contribution < 1.29 is 28.7 Å². The van der Waals surface area contributed by atoms with Gasteiger partial charge in [0.15, 0.2) is 0 Å². The van der Waals surface area contributed by atoms with Crippen LogP contribution in [0.4, 0.5) is 10.5 Å². The zero-order valence-electron chi connectivity index (χ0n) is 25.8. The number of fused-ring (bicyclic) bond motifs is 1. The van der Waals surface area contributed by atoms with E-state index in [-0.39, 0.29) is 12.6 Å². The van der Waals surface area contributed by atoms with E-state index >= 15 is 0 Å². The third-order valence-electron chi connectivity index (χ3n) is 7.17. The van der Waals surface area contributed by atoms with Crippen molar-refractivity contribution >= 4 is 48.5 Å². The van der Waals surface area contributed by atoms with E-state index in [0.717, 1.165) is 22.5 Å². The van der Waals surface area contributed by atoms with E-state index in [1.54, 1.807) is 43.9 Å². The lowest BCUT2D eigenvalue weighted by Gasteiger charge is -2.31. The van der Waals surface area contributed by atoms with Gasteiger partial charge in [0.2, 0.25) is 5.91 Å². The molecule has 2 aromatic carbocycles. The molecule has 3 N–H and O–H groups in total. The standard InChI is InChI=1S/C32H42N4O6Si/c1-32(2,3)42-30(39)27-15-14-26(24-19-33-25-13-8-7-12-23(24)25)36(27)28(37)20-34-31(40)35-22-11-9-10-21(18-22)29(38)41-16-17-43(4,5)6/h7-13,18-19,26-27,33H,14-17,20H2,1-6H3,(H2,34,35,40)/t26-,27+/m1/s1. The van der Waals surface area contributed by atoms with Gasteiger partial charge in [0.1, 0.15) is 11.6 Å². The van der Waals surface area contributed by atoms with Crippen molar-refractivity contribution in [1.82, 2.24) is 15.2 Å². The molecule has 1 aromatic heterocycles. The summed E-state index contributed by atoms with van der Waals surface area (Å²) in [4.78, 5) is 56.9. The average Bonchev–Trinajstić information content (AvgIpc) is 3.55. The number of ether oxygens (including phenoxy) is 2. The molecule has 1 aliphatic rings. The number of carbonyl (C=O) groups is 4. The molecule has 0 saturated carbocycles. The lowest BCUT2D eigenvalue weighted by molar-refractivity contribution is -0.164. The molecular weight excluding hydrogens is 564 g/mol. The Hall–Kier alpha value is -4.12. The van der Waals surface area contributed by atoms with Crippen LogP contribution in [0.25, 0.3) is 10.9 Å². The van der Waals surface area contributed by atoms with Gasteiger partial charge in [0.25, 0.3) is 0 Å². The number of para-hydroxylation sites is 1. The van der Waals surface area contributed by atoms with Crippen molar-refractivity contribution in [2.45, 2.75) is 77.0 Å². The van der Waals surface area contributed by atoms with Crippen molar-refractivity contribution in [3.63, 3.8) is 0 Å². The van der Waals surface area contributed by atoms with Crippen molar-refractivity contribution in [1.29, 1.82) is 0 Å². The number of rotatable bonds is 9. The average molecular weight is 607 g/mol. The molecule has 3 aromatic rings. The van der Waals surface area contributed by atoms with Gasteiger partial charge in [-0.05, 0) is 69.5 Å². The number of nitrogens with zero attached hydrogens (tertiary/aromatic N) is 1. The first-order valence-electron chi connectivity index (χ1n) is 14.6. The molecule has 0 aliphatic carbocycles.